The van der Waals surface area contributed by atoms with Crippen LogP contribution in [0.25, 0.3) is 0 Å². The number of rotatable bonds is 8. The highest BCUT2D eigenvalue weighted by Gasteiger charge is 2.07. The highest BCUT2D eigenvalue weighted by Crippen LogP contribution is 2.18. The van der Waals surface area contributed by atoms with E-state index in [0.717, 1.165) is 17.9 Å². The van der Waals surface area contributed by atoms with Crippen molar-refractivity contribution in [2.24, 2.45) is 5.92 Å². The minimum Gasteiger partial charge on any atom is -0.496 e. The molecule has 0 aliphatic rings. The molecule has 0 unspecified atom stereocenters. The summed E-state index contributed by atoms with van der Waals surface area (Å²) in [6.45, 7) is 6.39. The Balaban J connectivity index is 1.85. The Hall–Kier alpha value is -2.08. The summed E-state index contributed by atoms with van der Waals surface area (Å²) in [4.78, 5) is 0. The predicted molar refractivity (Wildman–Crippen MR) is 81.2 cm³/mol. The van der Waals surface area contributed by atoms with E-state index < -0.39 is 0 Å². The van der Waals surface area contributed by atoms with Gasteiger partial charge in [-0.2, -0.15) is 0 Å². The van der Waals surface area contributed by atoms with Crippen molar-refractivity contribution in [2.45, 2.75) is 26.9 Å². The van der Waals surface area contributed by atoms with E-state index in [1.807, 2.05) is 24.3 Å². The molecule has 1 aromatic heterocycles. The Kier molecular flexibility index (Phi) is 5.57. The molecule has 21 heavy (non-hydrogen) atoms. The van der Waals surface area contributed by atoms with Gasteiger partial charge in [-0.05, 0) is 18.5 Å². The van der Waals surface area contributed by atoms with Gasteiger partial charge >= 0.3 is 6.01 Å². The fourth-order valence-corrected chi connectivity index (χ4v) is 1.88. The van der Waals surface area contributed by atoms with Gasteiger partial charge in [0.2, 0.25) is 5.89 Å². The number of nitrogens with zero attached hydrogens (tertiary/aromatic N) is 2. The van der Waals surface area contributed by atoms with E-state index in [4.69, 9.17) is 9.15 Å². The second-order valence-electron chi connectivity index (χ2n) is 5.19. The molecule has 2 N–H and O–H groups in total. The molecule has 0 aliphatic heterocycles. The zero-order valence-electron chi connectivity index (χ0n) is 12.7. The molecule has 114 valence electrons. The van der Waals surface area contributed by atoms with Gasteiger partial charge < -0.3 is 19.8 Å². The molecule has 6 nitrogen and oxygen atoms in total. The highest BCUT2D eigenvalue weighted by atomic mass is 16.5. The van der Waals surface area contributed by atoms with Gasteiger partial charge in [-0.15, -0.1) is 5.10 Å². The van der Waals surface area contributed by atoms with Gasteiger partial charge in [0, 0.05) is 12.1 Å². The summed E-state index contributed by atoms with van der Waals surface area (Å²) in [6, 6.07) is 8.24. The second-order valence-corrected chi connectivity index (χ2v) is 5.19. The molecule has 2 rings (SSSR count). The average molecular weight is 290 g/mol. The van der Waals surface area contributed by atoms with E-state index in [0.29, 0.717) is 30.9 Å². The third-order valence-electron chi connectivity index (χ3n) is 2.92. The Labute approximate surface area is 124 Å². The van der Waals surface area contributed by atoms with Crippen LogP contribution in [0.15, 0.2) is 28.7 Å². The van der Waals surface area contributed by atoms with Gasteiger partial charge in [-0.25, -0.2) is 0 Å². The summed E-state index contributed by atoms with van der Waals surface area (Å²) in [5, 5.41) is 14.3. The average Bonchev–Trinajstić information content (AvgIpc) is 2.93. The maximum absolute atomic E-state index is 5.52. The summed E-state index contributed by atoms with van der Waals surface area (Å²) in [5.74, 6) is 2.01. The monoisotopic (exact) mass is 290 g/mol. The summed E-state index contributed by atoms with van der Waals surface area (Å²) >= 11 is 0. The summed E-state index contributed by atoms with van der Waals surface area (Å²) in [6.07, 6.45) is 0. The van der Waals surface area contributed by atoms with Gasteiger partial charge in [-0.1, -0.05) is 37.1 Å². The first kappa shape index (κ1) is 15.3. The molecule has 2 aromatic rings. The molecule has 0 spiro atoms. The number of benzene rings is 1. The fourth-order valence-electron chi connectivity index (χ4n) is 1.88. The lowest BCUT2D eigenvalue weighted by atomic mass is 10.2. The van der Waals surface area contributed by atoms with Crippen LogP contribution < -0.4 is 15.4 Å². The summed E-state index contributed by atoms with van der Waals surface area (Å²) < 4.78 is 10.8. The minimum absolute atomic E-state index is 0.419. The molecule has 6 heteroatoms. The van der Waals surface area contributed by atoms with Crippen molar-refractivity contribution in [3.8, 4) is 5.75 Å². The van der Waals surface area contributed by atoms with Crippen molar-refractivity contribution < 1.29 is 9.15 Å². The molecule has 0 radical (unpaired) electrons. The van der Waals surface area contributed by atoms with E-state index in [-0.39, 0.29) is 0 Å². The van der Waals surface area contributed by atoms with E-state index in [1.54, 1.807) is 7.11 Å². The number of hydrogen-bond donors (Lipinski definition) is 2. The Morgan fingerprint density at radius 3 is 2.76 bits per heavy atom. The molecule has 0 bridgehead atoms. The number of hydrogen-bond acceptors (Lipinski definition) is 6. The molecule has 0 saturated carbocycles. The van der Waals surface area contributed by atoms with Crippen LogP contribution >= 0.6 is 0 Å². The normalized spacial score (nSPS) is 10.9. The molecule has 1 heterocycles. The number of methoxy groups -OCH3 is 1. The van der Waals surface area contributed by atoms with Crippen LogP contribution in [0.5, 0.6) is 5.75 Å². The molecule has 0 atom stereocenters. The van der Waals surface area contributed by atoms with Crippen LogP contribution in [0.4, 0.5) is 6.01 Å². The molecular formula is C15H22N4O2. The minimum atomic E-state index is 0.419. The topological polar surface area (TPSA) is 72.2 Å². The Bertz CT molecular complexity index is 554. The number of nitrogens with one attached hydrogen (secondary N) is 2. The zero-order chi connectivity index (χ0) is 15.1. The SMILES string of the molecule is COc1ccccc1CNc1nnc(CNCC(C)C)o1. The largest absolute Gasteiger partial charge is 0.496 e. The van der Waals surface area contributed by atoms with Crippen molar-refractivity contribution in [3.63, 3.8) is 0 Å². The number of para-hydroxylation sites is 1. The standard InChI is InChI=1S/C15H22N4O2/c1-11(2)8-16-10-14-18-19-15(21-14)17-9-12-6-4-5-7-13(12)20-3/h4-7,11,16H,8-10H2,1-3H3,(H,17,19). The maximum atomic E-state index is 5.52. The van der Waals surface area contributed by atoms with Crippen molar-refractivity contribution >= 4 is 6.01 Å². The quantitative estimate of drug-likeness (QED) is 0.778. The first-order valence-corrected chi connectivity index (χ1v) is 7.08. The van der Waals surface area contributed by atoms with Crippen LogP contribution in [0.3, 0.4) is 0 Å². The number of anilines is 1. The lowest BCUT2D eigenvalue weighted by Crippen LogP contribution is -2.19. The highest BCUT2D eigenvalue weighted by molar-refractivity contribution is 5.35. The third kappa shape index (κ3) is 4.75. The maximum Gasteiger partial charge on any atom is 0.315 e. The molecule has 1 aromatic carbocycles. The van der Waals surface area contributed by atoms with Crippen molar-refractivity contribution in [2.75, 3.05) is 19.0 Å². The van der Waals surface area contributed by atoms with Crippen LogP contribution in [0.1, 0.15) is 25.3 Å². The zero-order valence-corrected chi connectivity index (χ0v) is 12.7. The van der Waals surface area contributed by atoms with Crippen LogP contribution in [0, 0.1) is 5.92 Å². The van der Waals surface area contributed by atoms with Crippen LogP contribution in [0.2, 0.25) is 0 Å². The van der Waals surface area contributed by atoms with E-state index in [9.17, 15) is 0 Å². The van der Waals surface area contributed by atoms with E-state index in [1.165, 1.54) is 0 Å². The second kappa shape index (κ2) is 7.64. The Morgan fingerprint density at radius 1 is 1.19 bits per heavy atom. The molecule has 0 aliphatic carbocycles. The van der Waals surface area contributed by atoms with Gasteiger partial charge in [0.05, 0.1) is 13.7 Å². The van der Waals surface area contributed by atoms with Gasteiger partial charge in [0.15, 0.2) is 0 Å². The van der Waals surface area contributed by atoms with Gasteiger partial charge in [0.1, 0.15) is 5.75 Å². The molecular weight excluding hydrogens is 268 g/mol. The lowest BCUT2D eigenvalue weighted by molar-refractivity contribution is 0.410. The number of aromatic nitrogens is 2. The fraction of sp³-hybridized carbons (Fsp3) is 0.467. The first-order chi connectivity index (χ1) is 10.2. The number of ether oxygens (including phenoxy) is 1. The lowest BCUT2D eigenvalue weighted by Gasteiger charge is -2.07. The molecule has 0 saturated heterocycles. The van der Waals surface area contributed by atoms with Crippen molar-refractivity contribution in [1.82, 2.24) is 15.5 Å². The first-order valence-electron chi connectivity index (χ1n) is 7.08. The van der Waals surface area contributed by atoms with Crippen molar-refractivity contribution in [3.05, 3.63) is 35.7 Å². The molecule has 0 fully saturated rings. The van der Waals surface area contributed by atoms with Crippen LogP contribution in [-0.4, -0.2) is 23.9 Å². The predicted octanol–water partition coefficient (Wildman–Crippen LogP) is 2.44. The van der Waals surface area contributed by atoms with Crippen LogP contribution in [-0.2, 0) is 13.1 Å². The summed E-state index contributed by atoms with van der Waals surface area (Å²) in [5.41, 5.74) is 1.04. The van der Waals surface area contributed by atoms with Gasteiger partial charge in [0.25, 0.3) is 0 Å². The summed E-state index contributed by atoms with van der Waals surface area (Å²) in [7, 11) is 1.66. The van der Waals surface area contributed by atoms with E-state index >= 15 is 0 Å². The molecule has 0 amide bonds. The smallest absolute Gasteiger partial charge is 0.315 e. The Morgan fingerprint density at radius 2 is 2.00 bits per heavy atom. The van der Waals surface area contributed by atoms with Crippen molar-refractivity contribution in [1.29, 1.82) is 0 Å². The van der Waals surface area contributed by atoms with E-state index in [2.05, 4.69) is 34.7 Å². The third-order valence-corrected chi connectivity index (χ3v) is 2.92. The van der Waals surface area contributed by atoms with Gasteiger partial charge in [-0.3, -0.25) is 0 Å².